The summed E-state index contributed by atoms with van der Waals surface area (Å²) in [5, 5.41) is 11.4. The van der Waals surface area contributed by atoms with E-state index in [2.05, 4.69) is 0 Å². The number of thioether (sulfide) groups is 1. The lowest BCUT2D eigenvalue weighted by Gasteiger charge is -2.50. The summed E-state index contributed by atoms with van der Waals surface area (Å²) >= 11 is 1.22. The van der Waals surface area contributed by atoms with Crippen LogP contribution >= 0.6 is 11.8 Å². The Morgan fingerprint density at radius 3 is 2.22 bits per heavy atom. The van der Waals surface area contributed by atoms with E-state index in [-0.39, 0.29) is 11.3 Å². The largest absolute Gasteiger partial charge is 0.455 e. The lowest BCUT2D eigenvalue weighted by atomic mass is 9.60. The van der Waals surface area contributed by atoms with E-state index in [0.29, 0.717) is 10.5 Å². The predicted molar refractivity (Wildman–Crippen MR) is 97.3 cm³/mol. The van der Waals surface area contributed by atoms with Crippen molar-refractivity contribution in [2.24, 2.45) is 11.8 Å². The van der Waals surface area contributed by atoms with Gasteiger partial charge in [0.1, 0.15) is 6.10 Å². The molecule has 27 heavy (non-hydrogen) atoms. The molecule has 6 heteroatoms. The molecule has 4 unspecified atom stereocenters. The second-order valence-corrected chi connectivity index (χ2v) is 7.98. The molecule has 2 aromatic carbocycles. The maximum atomic E-state index is 13.2. The number of fused-ring (bicyclic) bond motifs is 2. The quantitative estimate of drug-likeness (QED) is 0.810. The Kier molecular flexibility index (Phi) is 3.44. The molecule has 134 valence electrons. The minimum absolute atomic E-state index is 0.251. The Hall–Kier alpha value is -2.70. The van der Waals surface area contributed by atoms with Crippen LogP contribution in [0.5, 0.6) is 0 Å². The first kappa shape index (κ1) is 16.5. The lowest BCUT2D eigenvalue weighted by Crippen LogP contribution is -2.66. The van der Waals surface area contributed by atoms with E-state index in [9.17, 15) is 19.5 Å². The molecule has 0 amide bonds. The highest BCUT2D eigenvalue weighted by Crippen LogP contribution is 2.54. The molecule has 4 atom stereocenters. The van der Waals surface area contributed by atoms with Crippen LogP contribution in [0.25, 0.3) is 0 Å². The minimum Gasteiger partial charge on any atom is -0.455 e. The van der Waals surface area contributed by atoms with Gasteiger partial charge in [-0.15, -0.1) is 0 Å². The summed E-state index contributed by atoms with van der Waals surface area (Å²) in [6.45, 7) is 0. The van der Waals surface area contributed by atoms with E-state index < -0.39 is 35.3 Å². The molecule has 6 rings (SSSR count). The maximum absolute atomic E-state index is 13.2. The summed E-state index contributed by atoms with van der Waals surface area (Å²) < 4.78 is 5.31. The van der Waals surface area contributed by atoms with Gasteiger partial charge in [0.05, 0.1) is 11.8 Å². The fraction of sp³-hybridized carbons (Fsp3) is 0.190. The molecule has 0 aromatic heterocycles. The highest BCUT2D eigenvalue weighted by molar-refractivity contribution is 8.03. The van der Waals surface area contributed by atoms with Crippen molar-refractivity contribution < 1.29 is 24.2 Å². The molecule has 1 saturated heterocycles. The third-order valence-electron chi connectivity index (χ3n) is 5.42. The second-order valence-electron chi connectivity index (χ2n) is 6.86. The molecular formula is C21H14O5S. The Balaban J connectivity index is 1.65. The number of esters is 1. The summed E-state index contributed by atoms with van der Waals surface area (Å²) in [6.07, 6.45) is 0.756. The van der Waals surface area contributed by atoms with Crippen molar-refractivity contribution in [2.75, 3.05) is 0 Å². The van der Waals surface area contributed by atoms with Gasteiger partial charge in [-0.3, -0.25) is 9.59 Å². The smallest absolute Gasteiger partial charge is 0.344 e. The number of ether oxygens (including phenoxy) is 1. The van der Waals surface area contributed by atoms with Gasteiger partial charge >= 0.3 is 5.97 Å². The molecule has 2 aliphatic carbocycles. The number of ketones is 2. The van der Waals surface area contributed by atoms with Gasteiger partial charge < -0.3 is 9.84 Å². The van der Waals surface area contributed by atoms with E-state index in [1.165, 1.54) is 11.8 Å². The second kappa shape index (κ2) is 5.65. The topological polar surface area (TPSA) is 80.7 Å². The molecule has 5 nitrogen and oxygen atoms in total. The van der Waals surface area contributed by atoms with Crippen LogP contribution in [0.3, 0.4) is 0 Å². The SMILES string of the molecule is O=C1c2ccccc2C(=O)C2C1C1C=C(Sc3ccccc3)C2(O)C(=O)O1. The van der Waals surface area contributed by atoms with Crippen LogP contribution in [-0.4, -0.2) is 34.3 Å². The molecule has 2 aromatic rings. The summed E-state index contributed by atoms with van der Waals surface area (Å²) in [7, 11) is 0. The zero-order valence-corrected chi connectivity index (χ0v) is 14.8. The van der Waals surface area contributed by atoms with Crippen molar-refractivity contribution in [3.05, 3.63) is 76.7 Å². The van der Waals surface area contributed by atoms with Gasteiger partial charge in [-0.1, -0.05) is 54.2 Å². The molecule has 1 fully saturated rings. The van der Waals surface area contributed by atoms with Crippen LogP contribution in [0.15, 0.2) is 70.5 Å². The zero-order valence-electron chi connectivity index (χ0n) is 14.0. The van der Waals surface area contributed by atoms with Crippen molar-refractivity contribution in [1.82, 2.24) is 0 Å². The zero-order chi connectivity index (χ0) is 18.8. The molecule has 0 saturated carbocycles. The normalized spacial score (nSPS) is 31.1. The summed E-state index contributed by atoms with van der Waals surface area (Å²) in [5.74, 6) is -3.59. The first-order chi connectivity index (χ1) is 13.0. The third-order valence-corrected chi connectivity index (χ3v) is 6.60. The monoisotopic (exact) mass is 378 g/mol. The van der Waals surface area contributed by atoms with Crippen molar-refractivity contribution in [3.8, 4) is 0 Å². The highest BCUT2D eigenvalue weighted by atomic mass is 32.2. The summed E-state index contributed by atoms with van der Waals surface area (Å²) in [5.41, 5.74) is -1.58. The number of Topliss-reactive ketones (excluding diaryl/α,β-unsaturated/α-hetero) is 2. The van der Waals surface area contributed by atoms with Gasteiger partial charge in [-0.05, 0) is 18.2 Å². The van der Waals surface area contributed by atoms with E-state index in [1.807, 2.05) is 30.3 Å². The van der Waals surface area contributed by atoms with E-state index in [1.54, 1.807) is 30.3 Å². The molecule has 2 bridgehead atoms. The van der Waals surface area contributed by atoms with Crippen LogP contribution in [0, 0.1) is 11.8 Å². The van der Waals surface area contributed by atoms with Crippen molar-refractivity contribution >= 4 is 29.3 Å². The number of carbonyl (C=O) groups excluding carboxylic acids is 3. The van der Waals surface area contributed by atoms with Gasteiger partial charge in [-0.25, -0.2) is 4.79 Å². The number of rotatable bonds is 2. The van der Waals surface area contributed by atoms with Crippen LogP contribution in [0.2, 0.25) is 0 Å². The molecule has 2 heterocycles. The average molecular weight is 378 g/mol. The van der Waals surface area contributed by atoms with Crippen LogP contribution in [0.1, 0.15) is 20.7 Å². The van der Waals surface area contributed by atoms with E-state index in [4.69, 9.17) is 4.74 Å². The number of carbonyl (C=O) groups is 3. The van der Waals surface area contributed by atoms with Crippen molar-refractivity contribution in [1.29, 1.82) is 0 Å². The standard InChI is InChI=1S/C21H14O5S/c22-18-12-8-4-5-9-13(12)19(23)17-16(18)14-10-15(21(17,25)20(24)26-14)27-11-6-2-1-3-7-11/h1-10,14,16-17,25H. The lowest BCUT2D eigenvalue weighted by molar-refractivity contribution is -0.187. The molecule has 0 spiro atoms. The molecular weight excluding hydrogens is 364 g/mol. The average Bonchev–Trinajstić information content (AvgIpc) is 2.68. The number of aliphatic hydroxyl groups is 1. The Bertz CT molecular complexity index is 1030. The Morgan fingerprint density at radius 2 is 1.52 bits per heavy atom. The molecule has 4 aliphatic rings. The van der Waals surface area contributed by atoms with Crippen LogP contribution < -0.4 is 0 Å². The first-order valence-electron chi connectivity index (χ1n) is 8.58. The molecule has 0 radical (unpaired) electrons. The van der Waals surface area contributed by atoms with Crippen molar-refractivity contribution in [3.63, 3.8) is 0 Å². The minimum atomic E-state index is -2.15. The van der Waals surface area contributed by atoms with Crippen LogP contribution in [0.4, 0.5) is 0 Å². The fourth-order valence-corrected chi connectivity index (χ4v) is 5.29. The summed E-state index contributed by atoms with van der Waals surface area (Å²) in [4.78, 5) is 40.0. The van der Waals surface area contributed by atoms with Gasteiger partial charge in [0.2, 0.25) is 5.60 Å². The molecule has 1 N–H and O–H groups in total. The molecule has 2 aliphatic heterocycles. The Labute approximate surface area is 159 Å². The number of hydrogen-bond acceptors (Lipinski definition) is 6. The third kappa shape index (κ3) is 2.14. The summed E-state index contributed by atoms with van der Waals surface area (Å²) in [6, 6.07) is 15.8. The van der Waals surface area contributed by atoms with Crippen molar-refractivity contribution in [2.45, 2.75) is 16.6 Å². The van der Waals surface area contributed by atoms with Gasteiger partial charge in [0.15, 0.2) is 11.6 Å². The van der Waals surface area contributed by atoms with Gasteiger partial charge in [0.25, 0.3) is 0 Å². The maximum Gasteiger partial charge on any atom is 0.344 e. The fourth-order valence-electron chi connectivity index (χ4n) is 4.17. The number of hydrogen-bond donors (Lipinski definition) is 1. The predicted octanol–water partition coefficient (Wildman–Crippen LogP) is 2.64. The van der Waals surface area contributed by atoms with E-state index in [0.717, 1.165) is 4.90 Å². The number of benzene rings is 2. The highest BCUT2D eigenvalue weighted by Gasteiger charge is 2.67. The Morgan fingerprint density at radius 1 is 0.889 bits per heavy atom. The van der Waals surface area contributed by atoms with Gasteiger partial charge in [-0.2, -0.15) is 0 Å². The van der Waals surface area contributed by atoms with E-state index >= 15 is 0 Å². The first-order valence-corrected chi connectivity index (χ1v) is 9.39. The van der Waals surface area contributed by atoms with Crippen LogP contribution in [-0.2, 0) is 9.53 Å². The van der Waals surface area contributed by atoms with Gasteiger partial charge in [0, 0.05) is 20.9 Å².